The van der Waals surface area contributed by atoms with Crippen molar-refractivity contribution < 1.29 is 9.59 Å². The lowest BCUT2D eigenvalue weighted by atomic mass is 10.0. The number of piperazine rings is 1. The van der Waals surface area contributed by atoms with Crippen molar-refractivity contribution in [2.75, 3.05) is 26.2 Å². The number of nitrogens with zero attached hydrogens (tertiary/aromatic N) is 1. The first kappa shape index (κ1) is 14.9. The van der Waals surface area contributed by atoms with Crippen molar-refractivity contribution in [1.29, 1.82) is 0 Å². The fourth-order valence-corrected chi connectivity index (χ4v) is 1.91. The summed E-state index contributed by atoms with van der Waals surface area (Å²) in [4.78, 5) is 25.1. The third kappa shape index (κ3) is 4.27. The SMILES string of the molecule is CCC(C)(C)NC(=O)CN1CCNCC1C(N)=O. The van der Waals surface area contributed by atoms with Crippen LogP contribution in [-0.4, -0.2) is 54.5 Å². The summed E-state index contributed by atoms with van der Waals surface area (Å²) in [7, 11) is 0. The minimum absolute atomic E-state index is 0.0602. The molecule has 0 aromatic rings. The van der Waals surface area contributed by atoms with Crippen LogP contribution in [-0.2, 0) is 9.59 Å². The maximum atomic E-state index is 11.9. The predicted octanol–water partition coefficient (Wildman–Crippen LogP) is -0.950. The van der Waals surface area contributed by atoms with Gasteiger partial charge in [0.05, 0.1) is 6.54 Å². The van der Waals surface area contributed by atoms with Crippen LogP contribution in [0.5, 0.6) is 0 Å². The lowest BCUT2D eigenvalue weighted by Gasteiger charge is -2.34. The molecule has 1 rings (SSSR count). The maximum Gasteiger partial charge on any atom is 0.236 e. The predicted molar refractivity (Wildman–Crippen MR) is 69.9 cm³/mol. The van der Waals surface area contributed by atoms with Gasteiger partial charge in [0, 0.05) is 25.2 Å². The molecule has 0 bridgehead atoms. The molecular formula is C12H24N4O2. The molecule has 0 aromatic heterocycles. The zero-order valence-corrected chi connectivity index (χ0v) is 11.5. The Morgan fingerprint density at radius 3 is 2.72 bits per heavy atom. The quantitative estimate of drug-likeness (QED) is 0.592. The summed E-state index contributed by atoms with van der Waals surface area (Å²) in [5.74, 6) is -0.445. The Morgan fingerprint density at radius 1 is 1.50 bits per heavy atom. The molecule has 18 heavy (non-hydrogen) atoms. The number of hydrogen-bond acceptors (Lipinski definition) is 4. The molecule has 1 unspecified atom stereocenters. The molecule has 0 saturated carbocycles. The summed E-state index contributed by atoms with van der Waals surface area (Å²) in [6.07, 6.45) is 0.861. The van der Waals surface area contributed by atoms with E-state index in [2.05, 4.69) is 10.6 Å². The number of hydrogen-bond donors (Lipinski definition) is 3. The molecule has 2 amide bonds. The van der Waals surface area contributed by atoms with E-state index in [-0.39, 0.29) is 23.9 Å². The topological polar surface area (TPSA) is 87.5 Å². The van der Waals surface area contributed by atoms with E-state index in [1.54, 1.807) is 0 Å². The number of primary amides is 1. The average Bonchev–Trinajstić information content (AvgIpc) is 2.28. The van der Waals surface area contributed by atoms with E-state index in [4.69, 9.17) is 5.73 Å². The highest BCUT2D eigenvalue weighted by Crippen LogP contribution is 2.08. The van der Waals surface area contributed by atoms with Crippen molar-refractivity contribution in [3.05, 3.63) is 0 Å². The molecule has 1 fully saturated rings. The van der Waals surface area contributed by atoms with Gasteiger partial charge in [-0.05, 0) is 20.3 Å². The summed E-state index contributed by atoms with van der Waals surface area (Å²) < 4.78 is 0. The van der Waals surface area contributed by atoms with Crippen LogP contribution in [0.1, 0.15) is 27.2 Å². The number of nitrogens with two attached hydrogens (primary N) is 1. The van der Waals surface area contributed by atoms with Gasteiger partial charge in [0.1, 0.15) is 6.04 Å². The number of nitrogens with one attached hydrogen (secondary N) is 2. The molecule has 1 aliphatic rings. The van der Waals surface area contributed by atoms with E-state index >= 15 is 0 Å². The van der Waals surface area contributed by atoms with Crippen molar-refractivity contribution in [1.82, 2.24) is 15.5 Å². The highest BCUT2D eigenvalue weighted by molar-refractivity contribution is 5.83. The fraction of sp³-hybridized carbons (Fsp3) is 0.833. The summed E-state index contributed by atoms with van der Waals surface area (Å²) >= 11 is 0. The van der Waals surface area contributed by atoms with Crippen LogP contribution in [0.3, 0.4) is 0 Å². The number of carbonyl (C=O) groups is 2. The van der Waals surface area contributed by atoms with Gasteiger partial charge < -0.3 is 16.4 Å². The minimum atomic E-state index is -0.394. The Bertz CT molecular complexity index is 317. The van der Waals surface area contributed by atoms with Crippen LogP contribution in [0.15, 0.2) is 0 Å². The molecule has 0 spiro atoms. The average molecular weight is 256 g/mol. The number of carbonyl (C=O) groups excluding carboxylic acids is 2. The minimum Gasteiger partial charge on any atom is -0.368 e. The summed E-state index contributed by atoms with van der Waals surface area (Å²) in [5.41, 5.74) is 5.12. The van der Waals surface area contributed by atoms with E-state index in [0.29, 0.717) is 13.1 Å². The van der Waals surface area contributed by atoms with Gasteiger partial charge in [-0.15, -0.1) is 0 Å². The maximum absolute atomic E-state index is 11.9. The van der Waals surface area contributed by atoms with Crippen LogP contribution in [0.2, 0.25) is 0 Å². The Kier molecular flexibility index (Phi) is 5.10. The number of rotatable bonds is 5. The van der Waals surface area contributed by atoms with Crippen LogP contribution in [0.25, 0.3) is 0 Å². The van der Waals surface area contributed by atoms with Crippen LogP contribution < -0.4 is 16.4 Å². The van der Waals surface area contributed by atoms with Crippen LogP contribution >= 0.6 is 0 Å². The first-order chi connectivity index (χ1) is 8.35. The van der Waals surface area contributed by atoms with E-state index in [1.165, 1.54) is 0 Å². The molecule has 1 atom stereocenters. The molecule has 0 aromatic carbocycles. The van der Waals surface area contributed by atoms with Crippen molar-refractivity contribution in [3.8, 4) is 0 Å². The zero-order valence-electron chi connectivity index (χ0n) is 11.5. The highest BCUT2D eigenvalue weighted by Gasteiger charge is 2.29. The monoisotopic (exact) mass is 256 g/mol. The van der Waals surface area contributed by atoms with E-state index in [0.717, 1.165) is 13.0 Å². The van der Waals surface area contributed by atoms with Gasteiger partial charge in [0.2, 0.25) is 11.8 Å². The smallest absolute Gasteiger partial charge is 0.236 e. The normalized spacial score (nSPS) is 21.6. The number of amides is 2. The molecule has 1 aliphatic heterocycles. The summed E-state index contributed by atoms with van der Waals surface area (Å²) in [5, 5.41) is 6.06. The molecule has 1 saturated heterocycles. The first-order valence-electron chi connectivity index (χ1n) is 6.41. The highest BCUT2D eigenvalue weighted by atomic mass is 16.2. The molecule has 104 valence electrons. The molecule has 6 nitrogen and oxygen atoms in total. The summed E-state index contributed by atoms with van der Waals surface area (Å²) in [6, 6.07) is -0.394. The molecule has 1 heterocycles. The molecule has 0 radical (unpaired) electrons. The second-order valence-electron chi connectivity index (χ2n) is 5.38. The van der Waals surface area contributed by atoms with Gasteiger partial charge in [0.15, 0.2) is 0 Å². The lowest BCUT2D eigenvalue weighted by Crippen LogP contribution is -2.59. The van der Waals surface area contributed by atoms with Gasteiger partial charge in [-0.2, -0.15) is 0 Å². The van der Waals surface area contributed by atoms with Gasteiger partial charge >= 0.3 is 0 Å². The van der Waals surface area contributed by atoms with Crippen molar-refractivity contribution >= 4 is 11.8 Å². The van der Waals surface area contributed by atoms with E-state index < -0.39 is 6.04 Å². The van der Waals surface area contributed by atoms with Crippen molar-refractivity contribution in [3.63, 3.8) is 0 Å². The molecule has 4 N–H and O–H groups in total. The second kappa shape index (κ2) is 6.15. The van der Waals surface area contributed by atoms with Gasteiger partial charge in [0.25, 0.3) is 0 Å². The Morgan fingerprint density at radius 2 is 2.17 bits per heavy atom. The van der Waals surface area contributed by atoms with Gasteiger partial charge in [-0.25, -0.2) is 0 Å². The molecular weight excluding hydrogens is 232 g/mol. The largest absolute Gasteiger partial charge is 0.368 e. The van der Waals surface area contributed by atoms with Gasteiger partial charge in [-0.1, -0.05) is 6.92 Å². The molecule has 6 heteroatoms. The second-order valence-corrected chi connectivity index (χ2v) is 5.38. The van der Waals surface area contributed by atoms with Crippen LogP contribution in [0.4, 0.5) is 0 Å². The van der Waals surface area contributed by atoms with Crippen molar-refractivity contribution in [2.24, 2.45) is 5.73 Å². The van der Waals surface area contributed by atoms with Gasteiger partial charge in [-0.3, -0.25) is 14.5 Å². The summed E-state index contributed by atoms with van der Waals surface area (Å²) in [6.45, 7) is 8.15. The Hall–Kier alpha value is -1.14. The van der Waals surface area contributed by atoms with E-state index in [9.17, 15) is 9.59 Å². The zero-order chi connectivity index (χ0) is 13.8. The Balaban J connectivity index is 2.54. The van der Waals surface area contributed by atoms with E-state index in [1.807, 2.05) is 25.7 Å². The first-order valence-corrected chi connectivity index (χ1v) is 6.41. The fourth-order valence-electron chi connectivity index (χ4n) is 1.91. The third-order valence-corrected chi connectivity index (χ3v) is 3.39. The van der Waals surface area contributed by atoms with Crippen molar-refractivity contribution in [2.45, 2.75) is 38.8 Å². The lowest BCUT2D eigenvalue weighted by molar-refractivity contribution is -0.128. The molecule has 0 aliphatic carbocycles. The standard InChI is InChI=1S/C12H24N4O2/c1-4-12(2,3)15-10(17)8-16-6-5-14-7-9(16)11(13)18/h9,14H,4-8H2,1-3H3,(H2,13,18)(H,15,17). The third-order valence-electron chi connectivity index (χ3n) is 3.39. The Labute approximate surface area is 108 Å². The van der Waals surface area contributed by atoms with Crippen LogP contribution in [0, 0.1) is 0 Å².